The van der Waals surface area contributed by atoms with Crippen LogP contribution in [-0.2, 0) is 0 Å². The molecule has 0 radical (unpaired) electrons. The number of halogens is 1. The Hall–Kier alpha value is -1.98. The van der Waals surface area contributed by atoms with Gasteiger partial charge in [0.1, 0.15) is 5.75 Å². The monoisotopic (exact) mass is 375 g/mol. The molecule has 0 aliphatic carbocycles. The lowest BCUT2D eigenvalue weighted by molar-refractivity contribution is 0.415. The van der Waals surface area contributed by atoms with Crippen LogP contribution in [0.15, 0.2) is 48.5 Å². The second-order valence-electron chi connectivity index (χ2n) is 6.14. The summed E-state index contributed by atoms with van der Waals surface area (Å²) >= 11 is 11.4. The van der Waals surface area contributed by atoms with Gasteiger partial charge in [0.2, 0.25) is 0 Å². The summed E-state index contributed by atoms with van der Waals surface area (Å²) in [6, 6.07) is 15.8. The number of nitrogens with one attached hydrogen (secondary N) is 2. The number of ether oxygens (including phenoxy) is 1. The van der Waals surface area contributed by atoms with Gasteiger partial charge in [0, 0.05) is 42.1 Å². The quantitative estimate of drug-likeness (QED) is 0.767. The fraction of sp³-hybridized carbons (Fsp3) is 0.316. The van der Waals surface area contributed by atoms with Gasteiger partial charge in [-0.15, -0.1) is 0 Å². The molecule has 1 saturated heterocycles. The Kier molecular flexibility index (Phi) is 6.00. The number of nitrogens with zero attached hydrogens (tertiary/aromatic N) is 1. The SMILES string of the molecule is COc1cccc(NC(=S)NCC2CCN(c3ccc(Cl)cc3)C2)c1. The molecule has 2 aromatic rings. The van der Waals surface area contributed by atoms with E-state index in [9.17, 15) is 0 Å². The summed E-state index contributed by atoms with van der Waals surface area (Å²) in [5.41, 5.74) is 2.15. The molecule has 1 heterocycles. The normalized spacial score (nSPS) is 16.6. The molecule has 1 aliphatic rings. The largest absolute Gasteiger partial charge is 0.497 e. The van der Waals surface area contributed by atoms with E-state index in [0.717, 1.165) is 42.5 Å². The highest BCUT2D eigenvalue weighted by atomic mass is 35.5. The molecule has 0 saturated carbocycles. The molecule has 0 amide bonds. The Morgan fingerprint density at radius 3 is 2.84 bits per heavy atom. The molecule has 6 heteroatoms. The van der Waals surface area contributed by atoms with Crippen LogP contribution in [0.1, 0.15) is 6.42 Å². The van der Waals surface area contributed by atoms with E-state index in [4.69, 9.17) is 28.6 Å². The summed E-state index contributed by atoms with van der Waals surface area (Å²) in [6.45, 7) is 2.94. The average molecular weight is 376 g/mol. The van der Waals surface area contributed by atoms with E-state index in [2.05, 4.69) is 27.7 Å². The first kappa shape index (κ1) is 17.8. The maximum absolute atomic E-state index is 5.96. The molecule has 1 fully saturated rings. The number of anilines is 2. The first-order valence-electron chi connectivity index (χ1n) is 8.33. The molecule has 2 aromatic carbocycles. The first-order chi connectivity index (χ1) is 12.1. The number of hydrogen-bond donors (Lipinski definition) is 2. The zero-order valence-corrected chi connectivity index (χ0v) is 15.7. The van der Waals surface area contributed by atoms with Gasteiger partial charge in [-0.25, -0.2) is 0 Å². The number of benzene rings is 2. The van der Waals surface area contributed by atoms with Crippen molar-refractivity contribution in [2.45, 2.75) is 6.42 Å². The van der Waals surface area contributed by atoms with Crippen LogP contribution in [0, 0.1) is 5.92 Å². The minimum absolute atomic E-state index is 0.570. The van der Waals surface area contributed by atoms with Crippen molar-refractivity contribution in [2.24, 2.45) is 5.92 Å². The fourth-order valence-corrected chi connectivity index (χ4v) is 3.33. The molecule has 25 heavy (non-hydrogen) atoms. The first-order valence-corrected chi connectivity index (χ1v) is 9.12. The van der Waals surface area contributed by atoms with Gasteiger partial charge in [-0.3, -0.25) is 0 Å². The molecular formula is C19H22ClN3OS. The summed E-state index contributed by atoms with van der Waals surface area (Å²) in [6.07, 6.45) is 1.15. The average Bonchev–Trinajstić information content (AvgIpc) is 3.10. The second-order valence-corrected chi connectivity index (χ2v) is 6.99. The molecule has 3 rings (SSSR count). The number of rotatable bonds is 5. The van der Waals surface area contributed by atoms with Gasteiger partial charge in [-0.05, 0) is 61.0 Å². The lowest BCUT2D eigenvalue weighted by Crippen LogP contribution is -2.34. The molecule has 4 nitrogen and oxygen atoms in total. The van der Waals surface area contributed by atoms with Crippen LogP contribution in [0.4, 0.5) is 11.4 Å². The Labute approximate surface area is 159 Å². The minimum atomic E-state index is 0.570. The maximum Gasteiger partial charge on any atom is 0.170 e. The summed E-state index contributed by atoms with van der Waals surface area (Å²) in [5.74, 6) is 1.38. The van der Waals surface area contributed by atoms with Crippen molar-refractivity contribution in [2.75, 3.05) is 37.0 Å². The van der Waals surface area contributed by atoms with Crippen LogP contribution in [0.25, 0.3) is 0 Å². The number of thiocarbonyl (C=S) groups is 1. The van der Waals surface area contributed by atoms with Gasteiger partial charge < -0.3 is 20.3 Å². The Morgan fingerprint density at radius 2 is 2.08 bits per heavy atom. The third-order valence-electron chi connectivity index (χ3n) is 4.36. The molecular weight excluding hydrogens is 354 g/mol. The topological polar surface area (TPSA) is 36.5 Å². The van der Waals surface area contributed by atoms with E-state index < -0.39 is 0 Å². The molecule has 1 aliphatic heterocycles. The summed E-state index contributed by atoms with van der Waals surface area (Å²) in [4.78, 5) is 2.39. The van der Waals surface area contributed by atoms with Crippen molar-refractivity contribution in [3.8, 4) is 5.75 Å². The van der Waals surface area contributed by atoms with Crippen LogP contribution in [0.2, 0.25) is 5.02 Å². The highest BCUT2D eigenvalue weighted by Gasteiger charge is 2.22. The van der Waals surface area contributed by atoms with Gasteiger partial charge in [-0.1, -0.05) is 17.7 Å². The molecule has 0 bridgehead atoms. The minimum Gasteiger partial charge on any atom is -0.497 e. The number of methoxy groups -OCH3 is 1. The van der Waals surface area contributed by atoms with Gasteiger partial charge in [-0.2, -0.15) is 0 Å². The van der Waals surface area contributed by atoms with Gasteiger partial charge >= 0.3 is 0 Å². The van der Waals surface area contributed by atoms with Crippen LogP contribution in [0.3, 0.4) is 0 Å². The van der Waals surface area contributed by atoms with E-state index in [1.54, 1.807) is 7.11 Å². The Bertz CT molecular complexity index is 723. The predicted molar refractivity (Wildman–Crippen MR) is 109 cm³/mol. The van der Waals surface area contributed by atoms with Crippen molar-refractivity contribution in [1.29, 1.82) is 0 Å². The smallest absolute Gasteiger partial charge is 0.170 e. The molecule has 2 N–H and O–H groups in total. The third-order valence-corrected chi connectivity index (χ3v) is 4.85. The van der Waals surface area contributed by atoms with Crippen molar-refractivity contribution >= 4 is 40.3 Å². The van der Waals surface area contributed by atoms with Crippen LogP contribution in [0.5, 0.6) is 5.75 Å². The van der Waals surface area contributed by atoms with E-state index in [-0.39, 0.29) is 0 Å². The maximum atomic E-state index is 5.96. The lowest BCUT2D eigenvalue weighted by atomic mass is 10.1. The zero-order valence-electron chi connectivity index (χ0n) is 14.2. The summed E-state index contributed by atoms with van der Waals surface area (Å²) < 4.78 is 5.22. The van der Waals surface area contributed by atoms with Crippen molar-refractivity contribution in [3.63, 3.8) is 0 Å². The van der Waals surface area contributed by atoms with Crippen LogP contribution >= 0.6 is 23.8 Å². The predicted octanol–water partition coefficient (Wildman–Crippen LogP) is 4.16. The summed E-state index contributed by atoms with van der Waals surface area (Å²) in [7, 11) is 1.65. The Morgan fingerprint density at radius 1 is 1.28 bits per heavy atom. The number of hydrogen-bond acceptors (Lipinski definition) is 3. The molecule has 1 atom stereocenters. The van der Waals surface area contributed by atoms with Gasteiger partial charge in [0.25, 0.3) is 0 Å². The molecule has 0 spiro atoms. The second kappa shape index (κ2) is 8.41. The molecule has 1 unspecified atom stereocenters. The zero-order chi connectivity index (χ0) is 17.6. The van der Waals surface area contributed by atoms with Gasteiger partial charge in [0.05, 0.1) is 7.11 Å². The molecule has 132 valence electrons. The van der Waals surface area contributed by atoms with Crippen molar-refractivity contribution in [3.05, 3.63) is 53.6 Å². The highest BCUT2D eigenvalue weighted by Crippen LogP contribution is 2.25. The standard InChI is InChI=1S/C19H22ClN3OS/c1-24-18-4-2-3-16(11-18)22-19(25)21-12-14-9-10-23(13-14)17-7-5-15(20)6-8-17/h2-8,11,14H,9-10,12-13H2,1H3,(H2,21,22,25). The van der Waals surface area contributed by atoms with E-state index >= 15 is 0 Å². The van der Waals surface area contributed by atoms with E-state index in [0.29, 0.717) is 11.0 Å². The van der Waals surface area contributed by atoms with E-state index in [1.807, 2.05) is 36.4 Å². The van der Waals surface area contributed by atoms with Crippen LogP contribution < -0.4 is 20.3 Å². The van der Waals surface area contributed by atoms with Crippen LogP contribution in [-0.4, -0.2) is 31.9 Å². The van der Waals surface area contributed by atoms with Crippen molar-refractivity contribution < 1.29 is 4.74 Å². The van der Waals surface area contributed by atoms with E-state index in [1.165, 1.54) is 5.69 Å². The lowest BCUT2D eigenvalue weighted by Gasteiger charge is -2.19. The molecule has 0 aromatic heterocycles. The fourth-order valence-electron chi connectivity index (χ4n) is 3.00. The van der Waals surface area contributed by atoms with Crippen molar-refractivity contribution in [1.82, 2.24) is 5.32 Å². The van der Waals surface area contributed by atoms with Gasteiger partial charge in [0.15, 0.2) is 5.11 Å². The Balaban J connectivity index is 1.45. The highest BCUT2D eigenvalue weighted by molar-refractivity contribution is 7.80. The third kappa shape index (κ3) is 5.00. The summed E-state index contributed by atoms with van der Waals surface area (Å²) in [5, 5.41) is 7.94.